The van der Waals surface area contributed by atoms with Gasteiger partial charge in [0.05, 0.1) is 0 Å². The third-order valence-electron chi connectivity index (χ3n) is 5.37. The summed E-state index contributed by atoms with van der Waals surface area (Å²) in [5, 5.41) is 3.25. The molecule has 100 valence electrons. The first-order valence-corrected chi connectivity index (χ1v) is 7.03. The molecule has 1 heterocycles. The van der Waals surface area contributed by atoms with E-state index in [-0.39, 0.29) is 17.1 Å². The van der Waals surface area contributed by atoms with Crippen molar-refractivity contribution in [2.45, 2.75) is 33.1 Å². The second-order valence-corrected chi connectivity index (χ2v) is 6.61. The van der Waals surface area contributed by atoms with Crippen LogP contribution in [-0.4, -0.2) is 42.8 Å². The Bertz CT molecular complexity index is 399. The predicted molar refractivity (Wildman–Crippen MR) is 68.0 cm³/mol. The van der Waals surface area contributed by atoms with Gasteiger partial charge in [-0.2, -0.15) is 0 Å². The molecule has 2 atom stereocenters. The van der Waals surface area contributed by atoms with Crippen LogP contribution in [0.1, 0.15) is 33.1 Å². The van der Waals surface area contributed by atoms with Crippen LogP contribution in [0.4, 0.5) is 0 Å². The van der Waals surface area contributed by atoms with Crippen molar-refractivity contribution in [3.8, 4) is 0 Å². The van der Waals surface area contributed by atoms with Crippen LogP contribution in [0.2, 0.25) is 0 Å². The van der Waals surface area contributed by atoms with E-state index in [4.69, 9.17) is 0 Å². The molecule has 4 nitrogen and oxygen atoms in total. The van der Waals surface area contributed by atoms with Gasteiger partial charge in [-0.15, -0.1) is 0 Å². The summed E-state index contributed by atoms with van der Waals surface area (Å²) in [5.74, 6) is 0.730. The third kappa shape index (κ3) is 1.41. The van der Waals surface area contributed by atoms with Crippen LogP contribution in [0, 0.1) is 16.7 Å². The molecule has 0 unspecified atom stereocenters. The van der Waals surface area contributed by atoms with Crippen LogP contribution >= 0.6 is 0 Å². The Kier molecular flexibility index (Phi) is 2.56. The van der Waals surface area contributed by atoms with E-state index in [0.29, 0.717) is 5.92 Å². The zero-order chi connectivity index (χ0) is 13.0. The van der Waals surface area contributed by atoms with Crippen LogP contribution in [0.3, 0.4) is 0 Å². The standard InChI is InChI=1S/C14H22N2O2/c1-13(2)10-3-4-14(9-10,11(13)17)12(18)16-7-5-15-6-8-16/h10,15H,3-9H2,1-2H3/t10-,14+/m0/s1. The van der Waals surface area contributed by atoms with Gasteiger partial charge in [0.15, 0.2) is 5.78 Å². The van der Waals surface area contributed by atoms with E-state index >= 15 is 0 Å². The van der Waals surface area contributed by atoms with Crippen molar-refractivity contribution in [3.05, 3.63) is 0 Å². The molecule has 3 rings (SSSR count). The first-order chi connectivity index (χ1) is 8.48. The minimum Gasteiger partial charge on any atom is -0.339 e. The Morgan fingerprint density at radius 2 is 2.00 bits per heavy atom. The van der Waals surface area contributed by atoms with Crippen LogP contribution in [0.5, 0.6) is 0 Å². The number of hydrogen-bond acceptors (Lipinski definition) is 3. The topological polar surface area (TPSA) is 49.4 Å². The number of nitrogens with zero attached hydrogens (tertiary/aromatic N) is 1. The van der Waals surface area contributed by atoms with Gasteiger partial charge in [0.25, 0.3) is 0 Å². The molecular formula is C14H22N2O2. The van der Waals surface area contributed by atoms with Gasteiger partial charge in [-0.1, -0.05) is 13.8 Å². The highest BCUT2D eigenvalue weighted by molar-refractivity contribution is 6.10. The van der Waals surface area contributed by atoms with E-state index in [1.807, 2.05) is 18.7 Å². The van der Waals surface area contributed by atoms with Gasteiger partial charge in [0, 0.05) is 31.6 Å². The monoisotopic (exact) mass is 250 g/mol. The average Bonchev–Trinajstić information content (AvgIpc) is 2.90. The number of amides is 1. The smallest absolute Gasteiger partial charge is 0.236 e. The summed E-state index contributed by atoms with van der Waals surface area (Å²) in [6, 6.07) is 0. The van der Waals surface area contributed by atoms with E-state index in [9.17, 15) is 9.59 Å². The summed E-state index contributed by atoms with van der Waals surface area (Å²) in [4.78, 5) is 27.3. The van der Waals surface area contributed by atoms with Crippen molar-refractivity contribution in [2.24, 2.45) is 16.7 Å². The molecule has 0 radical (unpaired) electrons. The zero-order valence-electron chi connectivity index (χ0n) is 11.3. The molecule has 1 amide bonds. The number of fused-ring (bicyclic) bond motifs is 2. The van der Waals surface area contributed by atoms with Crippen molar-refractivity contribution in [3.63, 3.8) is 0 Å². The maximum Gasteiger partial charge on any atom is 0.236 e. The lowest BCUT2D eigenvalue weighted by molar-refractivity contribution is -0.151. The molecule has 2 bridgehead atoms. The molecule has 3 fully saturated rings. The molecule has 3 aliphatic rings. The Morgan fingerprint density at radius 3 is 2.56 bits per heavy atom. The van der Waals surface area contributed by atoms with Crippen LogP contribution in [0.15, 0.2) is 0 Å². The summed E-state index contributed by atoms with van der Waals surface area (Å²) >= 11 is 0. The normalized spacial score (nSPS) is 38.2. The summed E-state index contributed by atoms with van der Waals surface area (Å²) < 4.78 is 0. The third-order valence-corrected chi connectivity index (χ3v) is 5.37. The first-order valence-electron chi connectivity index (χ1n) is 7.03. The van der Waals surface area contributed by atoms with Gasteiger partial charge >= 0.3 is 0 Å². The number of nitrogens with one attached hydrogen (secondary N) is 1. The fourth-order valence-electron chi connectivity index (χ4n) is 4.13. The van der Waals surface area contributed by atoms with Gasteiger partial charge in [0.1, 0.15) is 5.41 Å². The van der Waals surface area contributed by atoms with E-state index in [1.165, 1.54) is 0 Å². The summed E-state index contributed by atoms with van der Waals surface area (Å²) in [6.45, 7) is 7.24. The Morgan fingerprint density at radius 1 is 1.33 bits per heavy atom. The molecule has 0 aromatic rings. The van der Waals surface area contributed by atoms with E-state index in [2.05, 4.69) is 5.32 Å². The zero-order valence-corrected chi connectivity index (χ0v) is 11.3. The van der Waals surface area contributed by atoms with E-state index in [1.54, 1.807) is 0 Å². The Balaban J connectivity index is 1.87. The van der Waals surface area contributed by atoms with E-state index in [0.717, 1.165) is 45.4 Å². The van der Waals surface area contributed by atoms with Crippen molar-refractivity contribution in [2.75, 3.05) is 26.2 Å². The van der Waals surface area contributed by atoms with Crippen molar-refractivity contribution in [1.29, 1.82) is 0 Å². The molecule has 4 heteroatoms. The molecule has 2 saturated carbocycles. The highest BCUT2D eigenvalue weighted by atomic mass is 16.2. The number of carbonyl (C=O) groups is 2. The number of Topliss-reactive ketones (excluding diaryl/α,β-unsaturated/α-hetero) is 1. The lowest BCUT2D eigenvalue weighted by Crippen LogP contribution is -2.54. The lowest BCUT2D eigenvalue weighted by Gasteiger charge is -2.37. The second kappa shape index (κ2) is 3.80. The van der Waals surface area contributed by atoms with Crippen LogP contribution < -0.4 is 5.32 Å². The largest absolute Gasteiger partial charge is 0.339 e. The highest BCUT2D eigenvalue weighted by Gasteiger charge is 2.65. The molecule has 1 saturated heterocycles. The quantitative estimate of drug-likeness (QED) is 0.701. The van der Waals surface area contributed by atoms with Crippen molar-refractivity contribution in [1.82, 2.24) is 10.2 Å². The van der Waals surface area contributed by atoms with Gasteiger partial charge < -0.3 is 10.2 Å². The first kappa shape index (κ1) is 12.2. The minimum atomic E-state index is -0.661. The average molecular weight is 250 g/mol. The number of carbonyl (C=O) groups excluding carboxylic acids is 2. The molecule has 1 aliphatic heterocycles. The van der Waals surface area contributed by atoms with E-state index < -0.39 is 5.41 Å². The van der Waals surface area contributed by atoms with Gasteiger partial charge in [-0.25, -0.2) is 0 Å². The Hall–Kier alpha value is -0.900. The van der Waals surface area contributed by atoms with Crippen LogP contribution in [0.25, 0.3) is 0 Å². The predicted octanol–water partition coefficient (Wildman–Crippen LogP) is 0.814. The molecule has 0 aromatic carbocycles. The molecular weight excluding hydrogens is 228 g/mol. The SMILES string of the molecule is CC1(C)C(=O)[C@@]2(C(=O)N3CCNCC3)CC[C@H]1C2. The second-order valence-electron chi connectivity index (χ2n) is 6.61. The number of piperazine rings is 1. The van der Waals surface area contributed by atoms with Gasteiger partial charge in [-0.3, -0.25) is 9.59 Å². The summed E-state index contributed by atoms with van der Waals surface area (Å²) in [6.07, 6.45) is 2.61. The van der Waals surface area contributed by atoms with Crippen molar-refractivity contribution >= 4 is 11.7 Å². The van der Waals surface area contributed by atoms with Crippen molar-refractivity contribution < 1.29 is 9.59 Å². The number of rotatable bonds is 1. The maximum absolute atomic E-state index is 12.8. The Labute approximate surface area is 108 Å². The molecule has 18 heavy (non-hydrogen) atoms. The van der Waals surface area contributed by atoms with Gasteiger partial charge in [0.2, 0.25) is 5.91 Å². The van der Waals surface area contributed by atoms with Crippen LogP contribution in [-0.2, 0) is 9.59 Å². The lowest BCUT2D eigenvalue weighted by atomic mass is 9.70. The number of ketones is 1. The molecule has 0 spiro atoms. The molecule has 2 aliphatic carbocycles. The fraction of sp³-hybridized carbons (Fsp3) is 0.857. The maximum atomic E-state index is 12.8. The molecule has 0 aromatic heterocycles. The summed E-state index contributed by atoms with van der Waals surface area (Å²) in [5.41, 5.74) is -0.951. The fourth-order valence-corrected chi connectivity index (χ4v) is 4.13. The highest BCUT2D eigenvalue weighted by Crippen LogP contribution is 2.60. The molecule has 1 N–H and O–H groups in total. The summed E-state index contributed by atoms with van der Waals surface area (Å²) in [7, 11) is 0. The number of hydrogen-bond donors (Lipinski definition) is 1. The van der Waals surface area contributed by atoms with Gasteiger partial charge in [-0.05, 0) is 25.2 Å². The minimum absolute atomic E-state index is 0.113.